The molecule has 1 amide bonds. The Morgan fingerprint density at radius 2 is 1.77 bits per heavy atom. The van der Waals surface area contributed by atoms with Crippen LogP contribution < -0.4 is 0 Å². The number of likely N-dealkylation sites (tertiary alicyclic amines) is 1. The molecule has 2 heterocycles. The molecule has 1 aromatic carbocycles. The minimum Gasteiger partial charge on any atom is -0.356 e. The van der Waals surface area contributed by atoms with E-state index in [0.29, 0.717) is 5.69 Å². The van der Waals surface area contributed by atoms with Gasteiger partial charge in [0.2, 0.25) is 10.0 Å². The number of hydrogen-bond acceptors (Lipinski definition) is 3. The molecule has 26 heavy (non-hydrogen) atoms. The fourth-order valence-corrected chi connectivity index (χ4v) is 4.29. The number of aromatic amines is 1. The number of sulfonamides is 1. The lowest BCUT2D eigenvalue weighted by molar-refractivity contribution is 0.0787. The summed E-state index contributed by atoms with van der Waals surface area (Å²) in [4.78, 5) is 17.1. The summed E-state index contributed by atoms with van der Waals surface area (Å²) in [5.74, 6) is -0.137. The molecule has 140 valence electrons. The van der Waals surface area contributed by atoms with Crippen LogP contribution in [0.3, 0.4) is 0 Å². The highest BCUT2D eigenvalue weighted by molar-refractivity contribution is 7.89. The number of carbonyl (C=O) groups excluding carboxylic acids is 1. The van der Waals surface area contributed by atoms with Gasteiger partial charge in [0.25, 0.3) is 5.91 Å². The molecule has 6 nitrogen and oxygen atoms in total. The topological polar surface area (TPSA) is 73.5 Å². The van der Waals surface area contributed by atoms with Gasteiger partial charge in [0.1, 0.15) is 10.6 Å². The Morgan fingerprint density at radius 3 is 2.38 bits per heavy atom. The van der Waals surface area contributed by atoms with Crippen LogP contribution >= 0.6 is 0 Å². The van der Waals surface area contributed by atoms with Gasteiger partial charge >= 0.3 is 0 Å². The van der Waals surface area contributed by atoms with Crippen LogP contribution in [-0.4, -0.2) is 48.7 Å². The largest absolute Gasteiger partial charge is 0.356 e. The standard InChI is InChI=1S/C19H25N3O3S/c1-3-15-6-8-16(9-7-15)14-21(2)26(24,25)17-12-18(20-13-17)19(23)22-10-4-5-11-22/h6-9,12-13,20H,3-5,10-11,14H2,1-2H3. The molecule has 3 rings (SSSR count). The Bertz CT molecular complexity index is 866. The Hall–Kier alpha value is -2.12. The fraction of sp³-hybridized carbons (Fsp3) is 0.421. The first-order valence-corrected chi connectivity index (χ1v) is 10.4. The monoisotopic (exact) mass is 375 g/mol. The van der Waals surface area contributed by atoms with Gasteiger partial charge in [-0.3, -0.25) is 4.79 Å². The maximum Gasteiger partial charge on any atom is 0.270 e. The first-order valence-electron chi connectivity index (χ1n) is 8.93. The Balaban J connectivity index is 1.73. The summed E-state index contributed by atoms with van der Waals surface area (Å²) < 4.78 is 26.9. The average Bonchev–Trinajstić information content (AvgIpc) is 3.34. The zero-order valence-electron chi connectivity index (χ0n) is 15.2. The lowest BCUT2D eigenvalue weighted by atomic mass is 10.1. The molecule has 0 aliphatic carbocycles. The number of rotatable bonds is 6. The lowest BCUT2D eigenvalue weighted by Gasteiger charge is -2.16. The molecule has 1 fully saturated rings. The Labute approximate surface area is 154 Å². The highest BCUT2D eigenvalue weighted by atomic mass is 32.2. The van der Waals surface area contributed by atoms with E-state index in [1.54, 1.807) is 11.9 Å². The first-order chi connectivity index (χ1) is 12.4. The van der Waals surface area contributed by atoms with Crippen molar-refractivity contribution in [1.82, 2.24) is 14.2 Å². The molecule has 0 spiro atoms. The number of aromatic nitrogens is 1. The predicted molar refractivity (Wildman–Crippen MR) is 100 cm³/mol. The summed E-state index contributed by atoms with van der Waals surface area (Å²) in [6, 6.07) is 9.36. The van der Waals surface area contributed by atoms with Crippen LogP contribution in [0.4, 0.5) is 0 Å². The van der Waals surface area contributed by atoms with Gasteiger partial charge in [0, 0.05) is 32.9 Å². The minimum atomic E-state index is -3.66. The third-order valence-electron chi connectivity index (χ3n) is 4.82. The van der Waals surface area contributed by atoms with Gasteiger partial charge in [-0.25, -0.2) is 8.42 Å². The number of amides is 1. The van der Waals surface area contributed by atoms with Crippen molar-refractivity contribution in [1.29, 1.82) is 0 Å². The molecule has 0 saturated carbocycles. The number of aryl methyl sites for hydroxylation is 1. The third kappa shape index (κ3) is 3.83. The summed E-state index contributed by atoms with van der Waals surface area (Å²) in [6.07, 6.45) is 4.34. The fourth-order valence-electron chi connectivity index (χ4n) is 3.14. The van der Waals surface area contributed by atoms with Crippen LogP contribution in [0, 0.1) is 0 Å². The van der Waals surface area contributed by atoms with E-state index in [1.807, 2.05) is 24.3 Å². The third-order valence-corrected chi connectivity index (χ3v) is 6.61. The molecule has 0 atom stereocenters. The molecule has 1 saturated heterocycles. The van der Waals surface area contributed by atoms with Gasteiger partial charge in [-0.2, -0.15) is 4.31 Å². The maximum atomic E-state index is 12.8. The zero-order valence-corrected chi connectivity index (χ0v) is 16.1. The Morgan fingerprint density at radius 1 is 1.15 bits per heavy atom. The number of nitrogens with one attached hydrogen (secondary N) is 1. The summed E-state index contributed by atoms with van der Waals surface area (Å²) in [6.45, 7) is 3.83. The first kappa shape index (κ1) is 18.7. The van der Waals surface area contributed by atoms with Gasteiger partial charge in [0.15, 0.2) is 0 Å². The second-order valence-electron chi connectivity index (χ2n) is 6.68. The van der Waals surface area contributed by atoms with Crippen molar-refractivity contribution >= 4 is 15.9 Å². The molecule has 0 unspecified atom stereocenters. The highest BCUT2D eigenvalue weighted by Crippen LogP contribution is 2.20. The van der Waals surface area contributed by atoms with Crippen molar-refractivity contribution in [2.75, 3.05) is 20.1 Å². The average molecular weight is 375 g/mol. The molecular formula is C19H25N3O3S. The van der Waals surface area contributed by atoms with E-state index < -0.39 is 10.0 Å². The van der Waals surface area contributed by atoms with Crippen molar-refractivity contribution in [3.05, 3.63) is 53.3 Å². The van der Waals surface area contributed by atoms with Crippen LogP contribution in [-0.2, 0) is 23.0 Å². The molecule has 1 aromatic heterocycles. The van der Waals surface area contributed by atoms with Crippen molar-refractivity contribution in [3.63, 3.8) is 0 Å². The van der Waals surface area contributed by atoms with Gasteiger partial charge in [0.05, 0.1) is 0 Å². The van der Waals surface area contributed by atoms with Crippen LogP contribution in [0.1, 0.15) is 41.4 Å². The minimum absolute atomic E-state index is 0.118. The van der Waals surface area contributed by atoms with Gasteiger partial charge in [-0.15, -0.1) is 0 Å². The van der Waals surface area contributed by atoms with Crippen molar-refractivity contribution in [2.45, 2.75) is 37.6 Å². The number of benzene rings is 1. The van der Waals surface area contributed by atoms with E-state index in [1.165, 1.54) is 22.1 Å². The van der Waals surface area contributed by atoms with E-state index in [0.717, 1.165) is 37.9 Å². The molecule has 2 aromatic rings. The van der Waals surface area contributed by atoms with E-state index in [2.05, 4.69) is 11.9 Å². The predicted octanol–water partition coefficient (Wildman–Crippen LogP) is 2.63. The second kappa shape index (κ2) is 7.63. The molecule has 1 aliphatic rings. The van der Waals surface area contributed by atoms with Crippen molar-refractivity contribution < 1.29 is 13.2 Å². The van der Waals surface area contributed by atoms with E-state index >= 15 is 0 Å². The van der Waals surface area contributed by atoms with Gasteiger partial charge in [-0.05, 0) is 36.5 Å². The zero-order chi connectivity index (χ0) is 18.7. The number of carbonyl (C=O) groups is 1. The molecule has 7 heteroatoms. The van der Waals surface area contributed by atoms with E-state index in [4.69, 9.17) is 0 Å². The number of hydrogen-bond donors (Lipinski definition) is 1. The molecule has 0 radical (unpaired) electrons. The van der Waals surface area contributed by atoms with Gasteiger partial charge in [-0.1, -0.05) is 31.2 Å². The van der Waals surface area contributed by atoms with Crippen molar-refractivity contribution in [2.24, 2.45) is 0 Å². The van der Waals surface area contributed by atoms with Crippen molar-refractivity contribution in [3.8, 4) is 0 Å². The summed E-state index contributed by atoms with van der Waals surface area (Å²) >= 11 is 0. The smallest absolute Gasteiger partial charge is 0.270 e. The highest BCUT2D eigenvalue weighted by Gasteiger charge is 2.26. The van der Waals surface area contributed by atoms with E-state index in [-0.39, 0.29) is 17.3 Å². The Kier molecular flexibility index (Phi) is 5.48. The summed E-state index contributed by atoms with van der Waals surface area (Å²) in [5, 5.41) is 0. The van der Waals surface area contributed by atoms with E-state index in [9.17, 15) is 13.2 Å². The number of H-pyrrole nitrogens is 1. The lowest BCUT2D eigenvalue weighted by Crippen LogP contribution is -2.28. The molecule has 1 N–H and O–H groups in total. The quantitative estimate of drug-likeness (QED) is 0.843. The van der Waals surface area contributed by atoms with Crippen LogP contribution in [0.2, 0.25) is 0 Å². The second-order valence-corrected chi connectivity index (χ2v) is 8.72. The van der Waals surface area contributed by atoms with Crippen LogP contribution in [0.15, 0.2) is 41.4 Å². The van der Waals surface area contributed by atoms with Crippen LogP contribution in [0.25, 0.3) is 0 Å². The molecule has 1 aliphatic heterocycles. The summed E-state index contributed by atoms with van der Waals surface area (Å²) in [7, 11) is -2.10. The summed E-state index contributed by atoms with van der Waals surface area (Å²) in [5.41, 5.74) is 2.47. The van der Waals surface area contributed by atoms with Gasteiger partial charge < -0.3 is 9.88 Å². The molecule has 0 bridgehead atoms. The maximum absolute atomic E-state index is 12.8. The normalized spacial score (nSPS) is 15.0. The number of nitrogens with zero attached hydrogens (tertiary/aromatic N) is 2. The molecular weight excluding hydrogens is 350 g/mol. The van der Waals surface area contributed by atoms with Crippen LogP contribution in [0.5, 0.6) is 0 Å². The SMILES string of the molecule is CCc1ccc(CN(C)S(=O)(=O)c2c[nH]c(C(=O)N3CCCC3)c2)cc1.